The number of rotatable bonds is 10. The lowest BCUT2D eigenvalue weighted by atomic mass is 9.92. The van der Waals surface area contributed by atoms with Crippen LogP contribution < -0.4 is 0 Å². The van der Waals surface area contributed by atoms with E-state index in [1.165, 1.54) is 51.4 Å². The maximum absolute atomic E-state index is 2.40. The van der Waals surface area contributed by atoms with Gasteiger partial charge in [-0.25, -0.2) is 0 Å². The average Bonchev–Trinajstić information content (AvgIpc) is 2.26. The van der Waals surface area contributed by atoms with Crippen molar-refractivity contribution in [1.29, 1.82) is 0 Å². The summed E-state index contributed by atoms with van der Waals surface area (Å²) in [5, 5.41) is 0. The van der Waals surface area contributed by atoms with Gasteiger partial charge in [-0.15, -0.1) is 0 Å². The minimum Gasteiger partial charge on any atom is -0.0651 e. The molecule has 0 heterocycles. The summed E-state index contributed by atoms with van der Waals surface area (Å²) >= 11 is 0. The van der Waals surface area contributed by atoms with E-state index < -0.39 is 0 Å². The molecular formula is C16H34. The molecule has 0 spiro atoms. The first-order valence-corrected chi connectivity index (χ1v) is 7.57. The van der Waals surface area contributed by atoms with Crippen LogP contribution in [0.1, 0.15) is 86.0 Å². The Hall–Kier alpha value is 0. The van der Waals surface area contributed by atoms with Crippen molar-refractivity contribution in [2.75, 3.05) is 0 Å². The fraction of sp³-hybridized carbons (Fsp3) is 1.00. The van der Waals surface area contributed by atoms with E-state index in [0.29, 0.717) is 0 Å². The summed E-state index contributed by atoms with van der Waals surface area (Å²) in [4.78, 5) is 0. The molecule has 2 atom stereocenters. The minimum absolute atomic E-state index is 0.866. The van der Waals surface area contributed by atoms with E-state index in [0.717, 1.165) is 17.8 Å². The van der Waals surface area contributed by atoms with Gasteiger partial charge in [-0.1, -0.05) is 86.0 Å². The van der Waals surface area contributed by atoms with Crippen LogP contribution in [-0.4, -0.2) is 0 Å². The summed E-state index contributed by atoms with van der Waals surface area (Å²) in [7, 11) is 0. The number of hydrogen-bond donors (Lipinski definition) is 0. The van der Waals surface area contributed by atoms with Gasteiger partial charge >= 0.3 is 0 Å². The number of hydrogen-bond acceptors (Lipinski definition) is 0. The van der Waals surface area contributed by atoms with Crippen molar-refractivity contribution in [2.45, 2.75) is 86.0 Å². The molecule has 0 radical (unpaired) electrons. The predicted molar refractivity (Wildman–Crippen MR) is 75.8 cm³/mol. The molecule has 16 heavy (non-hydrogen) atoms. The van der Waals surface area contributed by atoms with E-state index in [1.807, 2.05) is 0 Å². The highest BCUT2D eigenvalue weighted by molar-refractivity contribution is 4.58. The second-order valence-corrected chi connectivity index (χ2v) is 6.08. The van der Waals surface area contributed by atoms with Crippen LogP contribution in [0.15, 0.2) is 0 Å². The fourth-order valence-electron chi connectivity index (χ4n) is 2.03. The van der Waals surface area contributed by atoms with Crippen LogP contribution in [0.2, 0.25) is 0 Å². The highest BCUT2D eigenvalue weighted by Crippen LogP contribution is 2.19. The molecule has 0 aliphatic heterocycles. The van der Waals surface area contributed by atoms with Crippen LogP contribution in [0.25, 0.3) is 0 Å². The second-order valence-electron chi connectivity index (χ2n) is 6.08. The molecule has 0 saturated heterocycles. The first kappa shape index (κ1) is 16.0. The Morgan fingerprint density at radius 3 is 1.69 bits per heavy atom. The van der Waals surface area contributed by atoms with E-state index >= 15 is 0 Å². The van der Waals surface area contributed by atoms with Crippen molar-refractivity contribution < 1.29 is 0 Å². The molecule has 0 heteroatoms. The van der Waals surface area contributed by atoms with Gasteiger partial charge in [0.05, 0.1) is 0 Å². The first-order valence-electron chi connectivity index (χ1n) is 7.57. The fourth-order valence-corrected chi connectivity index (χ4v) is 2.03. The molecule has 0 amide bonds. The molecule has 0 aromatic carbocycles. The largest absolute Gasteiger partial charge is 0.0651 e. The Kier molecular flexibility index (Phi) is 10.2. The molecule has 0 rings (SSSR count). The zero-order valence-electron chi connectivity index (χ0n) is 12.4. The van der Waals surface area contributed by atoms with E-state index in [-0.39, 0.29) is 0 Å². The van der Waals surface area contributed by atoms with Crippen molar-refractivity contribution >= 4 is 0 Å². The summed E-state index contributed by atoms with van der Waals surface area (Å²) in [6, 6.07) is 0. The third kappa shape index (κ3) is 9.24. The smallest absolute Gasteiger partial charge is 0.0420 e. The molecule has 0 aromatic heterocycles. The summed E-state index contributed by atoms with van der Waals surface area (Å²) in [6.45, 7) is 11.8. The Balaban J connectivity index is 3.16. The molecule has 0 aromatic rings. The van der Waals surface area contributed by atoms with Gasteiger partial charge in [-0.3, -0.25) is 0 Å². The van der Waals surface area contributed by atoms with E-state index in [1.54, 1.807) is 0 Å². The van der Waals surface area contributed by atoms with E-state index in [4.69, 9.17) is 0 Å². The Bertz CT molecular complexity index is 137. The minimum atomic E-state index is 0.866. The van der Waals surface area contributed by atoms with Gasteiger partial charge in [0.2, 0.25) is 0 Å². The van der Waals surface area contributed by atoms with Crippen molar-refractivity contribution in [1.82, 2.24) is 0 Å². The molecule has 0 aliphatic rings. The zero-order chi connectivity index (χ0) is 12.4. The molecule has 0 bridgehead atoms. The standard InChI is InChI=1S/C16H34/c1-6-15(4)12-10-8-7-9-11-13-16(5)14(2)3/h14-16H,6-13H2,1-5H3. The Labute approximate surface area is 104 Å². The highest BCUT2D eigenvalue weighted by Gasteiger charge is 2.05. The predicted octanol–water partition coefficient (Wildman–Crippen LogP) is 6.06. The molecule has 0 aliphatic carbocycles. The average molecular weight is 226 g/mol. The molecule has 0 N–H and O–H groups in total. The monoisotopic (exact) mass is 226 g/mol. The van der Waals surface area contributed by atoms with Gasteiger partial charge in [0.1, 0.15) is 0 Å². The SMILES string of the molecule is CCC(C)CCCCCCCC(C)C(C)C. The van der Waals surface area contributed by atoms with Crippen LogP contribution in [0, 0.1) is 17.8 Å². The first-order chi connectivity index (χ1) is 7.57. The summed E-state index contributed by atoms with van der Waals surface area (Å²) in [5.41, 5.74) is 0. The third-order valence-electron chi connectivity index (χ3n) is 4.19. The van der Waals surface area contributed by atoms with Crippen LogP contribution in [0.4, 0.5) is 0 Å². The topological polar surface area (TPSA) is 0 Å². The maximum Gasteiger partial charge on any atom is -0.0420 e. The van der Waals surface area contributed by atoms with Crippen LogP contribution in [0.3, 0.4) is 0 Å². The van der Waals surface area contributed by atoms with Gasteiger partial charge in [0, 0.05) is 0 Å². The lowest BCUT2D eigenvalue weighted by Crippen LogP contribution is -2.03. The number of unbranched alkanes of at least 4 members (excludes halogenated alkanes) is 4. The van der Waals surface area contributed by atoms with E-state index in [2.05, 4.69) is 34.6 Å². The van der Waals surface area contributed by atoms with Crippen molar-refractivity contribution in [3.05, 3.63) is 0 Å². The van der Waals surface area contributed by atoms with Gasteiger partial charge in [0.15, 0.2) is 0 Å². The van der Waals surface area contributed by atoms with Gasteiger partial charge < -0.3 is 0 Å². The van der Waals surface area contributed by atoms with Crippen molar-refractivity contribution in [2.24, 2.45) is 17.8 Å². The van der Waals surface area contributed by atoms with Gasteiger partial charge in [-0.2, -0.15) is 0 Å². The lowest BCUT2D eigenvalue weighted by molar-refractivity contribution is 0.373. The molecule has 0 nitrogen and oxygen atoms in total. The Morgan fingerprint density at radius 2 is 1.19 bits per heavy atom. The summed E-state index contributed by atoms with van der Waals surface area (Å²) in [5.74, 6) is 2.73. The zero-order valence-corrected chi connectivity index (χ0v) is 12.4. The molecule has 0 saturated carbocycles. The second kappa shape index (κ2) is 10.2. The summed E-state index contributed by atoms with van der Waals surface area (Å²) < 4.78 is 0. The van der Waals surface area contributed by atoms with Gasteiger partial charge in [0.25, 0.3) is 0 Å². The molecular weight excluding hydrogens is 192 g/mol. The third-order valence-corrected chi connectivity index (χ3v) is 4.19. The van der Waals surface area contributed by atoms with Crippen LogP contribution >= 0.6 is 0 Å². The van der Waals surface area contributed by atoms with Crippen molar-refractivity contribution in [3.8, 4) is 0 Å². The lowest BCUT2D eigenvalue weighted by Gasteiger charge is -2.14. The normalized spacial score (nSPS) is 15.4. The van der Waals surface area contributed by atoms with Gasteiger partial charge in [-0.05, 0) is 17.8 Å². The Morgan fingerprint density at radius 1 is 0.688 bits per heavy atom. The van der Waals surface area contributed by atoms with Crippen molar-refractivity contribution in [3.63, 3.8) is 0 Å². The highest BCUT2D eigenvalue weighted by atomic mass is 14.1. The maximum atomic E-state index is 2.40. The van der Waals surface area contributed by atoms with Crippen LogP contribution in [-0.2, 0) is 0 Å². The molecule has 98 valence electrons. The van der Waals surface area contributed by atoms with Crippen LogP contribution in [0.5, 0.6) is 0 Å². The molecule has 2 unspecified atom stereocenters. The van der Waals surface area contributed by atoms with E-state index in [9.17, 15) is 0 Å². The quantitative estimate of drug-likeness (QED) is 0.397. The molecule has 0 fully saturated rings. The summed E-state index contributed by atoms with van der Waals surface area (Å²) in [6.07, 6.45) is 11.5.